The minimum atomic E-state index is -0.245. The van der Waals surface area contributed by atoms with E-state index >= 15 is 0 Å². The third-order valence-corrected chi connectivity index (χ3v) is 4.75. The number of fused-ring (bicyclic) bond motifs is 1. The Kier molecular flexibility index (Phi) is 5.00. The Hall–Kier alpha value is -2.54. The van der Waals surface area contributed by atoms with Crippen molar-refractivity contribution in [3.63, 3.8) is 0 Å². The summed E-state index contributed by atoms with van der Waals surface area (Å²) in [7, 11) is 0. The molecule has 0 radical (unpaired) electrons. The molecule has 24 heavy (non-hydrogen) atoms. The first kappa shape index (κ1) is 16.3. The molecule has 2 heterocycles. The third kappa shape index (κ3) is 3.68. The molecule has 0 aliphatic heterocycles. The first-order chi connectivity index (χ1) is 11.7. The fourth-order valence-corrected chi connectivity index (χ4v) is 3.26. The number of aromatic amines is 1. The minimum absolute atomic E-state index is 0.120. The van der Waals surface area contributed by atoms with Crippen molar-refractivity contribution in [1.82, 2.24) is 20.5 Å². The molecular formula is C17H18N4O2S. The van der Waals surface area contributed by atoms with Gasteiger partial charge in [-0.05, 0) is 12.5 Å². The van der Waals surface area contributed by atoms with Crippen molar-refractivity contribution in [2.75, 3.05) is 6.54 Å². The fraction of sp³-hybridized carbons (Fsp3) is 0.294. The molecule has 3 aromatic rings. The molecule has 124 valence electrons. The van der Waals surface area contributed by atoms with Gasteiger partial charge in [0.1, 0.15) is 0 Å². The van der Waals surface area contributed by atoms with E-state index in [2.05, 4.69) is 27.4 Å². The van der Waals surface area contributed by atoms with E-state index in [4.69, 9.17) is 0 Å². The summed E-state index contributed by atoms with van der Waals surface area (Å²) in [6, 6.07) is 7.16. The van der Waals surface area contributed by atoms with Gasteiger partial charge in [-0.25, -0.2) is 10.1 Å². The van der Waals surface area contributed by atoms with Gasteiger partial charge in [0.2, 0.25) is 5.91 Å². The van der Waals surface area contributed by atoms with Gasteiger partial charge >= 0.3 is 0 Å². The van der Waals surface area contributed by atoms with Crippen molar-refractivity contribution in [2.45, 2.75) is 26.2 Å². The first-order valence-electron chi connectivity index (χ1n) is 7.83. The van der Waals surface area contributed by atoms with Crippen LogP contribution in [0.3, 0.4) is 0 Å². The highest BCUT2D eigenvalue weighted by molar-refractivity contribution is 7.09. The van der Waals surface area contributed by atoms with Crippen LogP contribution in [0.5, 0.6) is 0 Å². The van der Waals surface area contributed by atoms with Crippen LogP contribution in [0.15, 0.2) is 34.4 Å². The molecule has 0 spiro atoms. The molecule has 0 saturated carbocycles. The number of H-pyrrole nitrogens is 1. The van der Waals surface area contributed by atoms with E-state index in [9.17, 15) is 9.59 Å². The van der Waals surface area contributed by atoms with Crippen molar-refractivity contribution in [3.05, 3.63) is 56.4 Å². The number of carbonyl (C=O) groups excluding carboxylic acids is 1. The minimum Gasteiger partial charge on any atom is -0.355 e. The standard InChI is InChI=1S/C17H18N4O2S/c1-2-16-19-11(10-24-16)7-8-18-15(22)9-14-12-5-3-4-6-13(12)17(23)21-20-14/h3-6,10H,2,7-9H2,1H3,(H,18,22)(H,21,23). The lowest BCUT2D eigenvalue weighted by Crippen LogP contribution is -2.28. The van der Waals surface area contributed by atoms with Gasteiger partial charge in [0.15, 0.2) is 0 Å². The molecule has 0 fully saturated rings. The summed E-state index contributed by atoms with van der Waals surface area (Å²) in [4.78, 5) is 28.4. The number of benzene rings is 1. The number of carbonyl (C=O) groups is 1. The number of nitrogens with one attached hydrogen (secondary N) is 2. The maximum atomic E-state index is 12.1. The van der Waals surface area contributed by atoms with E-state index in [1.165, 1.54) is 0 Å². The molecular weight excluding hydrogens is 324 g/mol. The van der Waals surface area contributed by atoms with Crippen LogP contribution in [0.2, 0.25) is 0 Å². The second kappa shape index (κ2) is 7.35. The zero-order valence-corrected chi connectivity index (χ0v) is 14.2. The normalized spacial score (nSPS) is 10.9. The molecule has 0 aliphatic carbocycles. The number of hydrogen-bond acceptors (Lipinski definition) is 5. The van der Waals surface area contributed by atoms with Crippen LogP contribution in [0.1, 0.15) is 23.3 Å². The summed E-state index contributed by atoms with van der Waals surface area (Å²) in [6.07, 6.45) is 1.78. The Bertz CT molecular complexity index is 916. The smallest absolute Gasteiger partial charge is 0.272 e. The number of thiazole rings is 1. The molecule has 2 N–H and O–H groups in total. The van der Waals surface area contributed by atoms with E-state index in [1.807, 2.05) is 17.5 Å². The lowest BCUT2D eigenvalue weighted by atomic mass is 10.1. The van der Waals surface area contributed by atoms with Crippen LogP contribution >= 0.6 is 11.3 Å². The maximum Gasteiger partial charge on any atom is 0.272 e. The Balaban J connectivity index is 1.61. The van der Waals surface area contributed by atoms with Gasteiger partial charge in [-0.15, -0.1) is 11.3 Å². The number of hydrogen-bond donors (Lipinski definition) is 2. The van der Waals surface area contributed by atoms with Crippen molar-refractivity contribution in [3.8, 4) is 0 Å². The molecule has 7 heteroatoms. The second-order valence-corrected chi connectivity index (χ2v) is 6.35. The highest BCUT2D eigenvalue weighted by Crippen LogP contribution is 2.13. The largest absolute Gasteiger partial charge is 0.355 e. The first-order valence-corrected chi connectivity index (χ1v) is 8.71. The Morgan fingerprint density at radius 1 is 1.29 bits per heavy atom. The van der Waals surface area contributed by atoms with E-state index in [0.29, 0.717) is 29.4 Å². The summed E-state index contributed by atoms with van der Waals surface area (Å²) in [6.45, 7) is 2.61. The topological polar surface area (TPSA) is 87.7 Å². The van der Waals surface area contributed by atoms with E-state index in [0.717, 1.165) is 17.1 Å². The SMILES string of the molecule is CCc1nc(CCNC(=O)Cc2n[nH]c(=O)c3ccccc23)cs1. The third-order valence-electron chi connectivity index (χ3n) is 3.71. The predicted molar refractivity (Wildman–Crippen MR) is 94.3 cm³/mol. The molecule has 0 atom stereocenters. The van der Waals surface area contributed by atoms with Gasteiger partial charge in [0.05, 0.1) is 28.2 Å². The molecule has 0 bridgehead atoms. The summed E-state index contributed by atoms with van der Waals surface area (Å²) in [5, 5.41) is 13.7. The van der Waals surface area contributed by atoms with Gasteiger partial charge in [-0.2, -0.15) is 5.10 Å². The van der Waals surface area contributed by atoms with Gasteiger partial charge < -0.3 is 5.32 Å². The number of nitrogens with zero attached hydrogens (tertiary/aromatic N) is 2. The van der Waals surface area contributed by atoms with Gasteiger partial charge in [0.25, 0.3) is 5.56 Å². The van der Waals surface area contributed by atoms with Crippen LogP contribution in [0, 0.1) is 0 Å². The molecule has 6 nitrogen and oxygen atoms in total. The Labute approximate surface area is 143 Å². The van der Waals surface area contributed by atoms with Crippen LogP contribution < -0.4 is 10.9 Å². The summed E-state index contributed by atoms with van der Waals surface area (Å²) >= 11 is 1.65. The quantitative estimate of drug-likeness (QED) is 0.715. The van der Waals surface area contributed by atoms with Gasteiger partial charge in [0, 0.05) is 23.7 Å². The predicted octanol–water partition coefficient (Wildman–Crippen LogP) is 1.84. The summed E-state index contributed by atoms with van der Waals surface area (Å²) < 4.78 is 0. The van der Waals surface area contributed by atoms with Gasteiger partial charge in [-0.3, -0.25) is 9.59 Å². The molecule has 0 unspecified atom stereocenters. The van der Waals surface area contributed by atoms with E-state index < -0.39 is 0 Å². The average molecular weight is 342 g/mol. The summed E-state index contributed by atoms with van der Waals surface area (Å²) in [5.74, 6) is -0.120. The molecule has 3 rings (SSSR count). The van der Waals surface area contributed by atoms with Crippen LogP contribution in [-0.4, -0.2) is 27.6 Å². The van der Waals surface area contributed by atoms with Gasteiger partial charge in [-0.1, -0.05) is 25.1 Å². The van der Waals surface area contributed by atoms with Crippen molar-refractivity contribution in [2.24, 2.45) is 0 Å². The number of rotatable bonds is 6. The zero-order chi connectivity index (χ0) is 16.9. The number of amides is 1. The van der Waals surface area contributed by atoms with Crippen LogP contribution in [-0.2, 0) is 24.1 Å². The second-order valence-electron chi connectivity index (χ2n) is 5.41. The molecule has 2 aromatic heterocycles. The lowest BCUT2D eigenvalue weighted by molar-refractivity contribution is -0.120. The highest BCUT2D eigenvalue weighted by Gasteiger charge is 2.10. The van der Waals surface area contributed by atoms with Crippen LogP contribution in [0.4, 0.5) is 0 Å². The van der Waals surface area contributed by atoms with E-state index in [1.54, 1.807) is 23.5 Å². The zero-order valence-electron chi connectivity index (χ0n) is 13.3. The lowest BCUT2D eigenvalue weighted by Gasteiger charge is -2.06. The average Bonchev–Trinajstić information content (AvgIpc) is 3.06. The molecule has 0 aliphatic rings. The van der Waals surface area contributed by atoms with Crippen molar-refractivity contribution >= 4 is 28.0 Å². The Morgan fingerprint density at radius 3 is 2.83 bits per heavy atom. The number of aryl methyl sites for hydroxylation is 1. The summed E-state index contributed by atoms with van der Waals surface area (Å²) in [5.41, 5.74) is 1.33. The van der Waals surface area contributed by atoms with E-state index in [-0.39, 0.29) is 17.9 Å². The fourth-order valence-electron chi connectivity index (χ4n) is 2.48. The molecule has 0 saturated heterocycles. The van der Waals surface area contributed by atoms with Crippen LogP contribution in [0.25, 0.3) is 10.8 Å². The van der Waals surface area contributed by atoms with Crippen molar-refractivity contribution < 1.29 is 4.79 Å². The Morgan fingerprint density at radius 2 is 2.08 bits per heavy atom. The monoisotopic (exact) mass is 342 g/mol. The number of aromatic nitrogens is 3. The molecule has 1 amide bonds. The van der Waals surface area contributed by atoms with Crippen molar-refractivity contribution in [1.29, 1.82) is 0 Å². The highest BCUT2D eigenvalue weighted by atomic mass is 32.1. The maximum absolute atomic E-state index is 12.1. The molecule has 1 aromatic carbocycles.